The van der Waals surface area contributed by atoms with Crippen molar-refractivity contribution in [2.24, 2.45) is 0 Å². The molecule has 0 aliphatic carbocycles. The van der Waals surface area contributed by atoms with Gasteiger partial charge in [-0.3, -0.25) is 9.59 Å². The Kier molecular flexibility index (Phi) is 5.06. The van der Waals surface area contributed by atoms with Crippen LogP contribution in [0.2, 0.25) is 0 Å². The van der Waals surface area contributed by atoms with Crippen LogP contribution in [0.3, 0.4) is 0 Å². The third-order valence-electron chi connectivity index (χ3n) is 5.83. The van der Waals surface area contributed by atoms with Crippen molar-refractivity contribution in [1.29, 1.82) is 0 Å². The molecule has 2 aromatic rings. The second kappa shape index (κ2) is 7.40. The second-order valence-corrected chi connectivity index (χ2v) is 9.25. The lowest BCUT2D eigenvalue weighted by Crippen LogP contribution is -2.46. The van der Waals surface area contributed by atoms with Crippen molar-refractivity contribution in [3.8, 4) is 0 Å². The molecule has 4 heterocycles. The number of Topliss-reactive ketones (excluding diaryl/α,β-unsaturated/α-hetero) is 1. The predicted molar refractivity (Wildman–Crippen MR) is 108 cm³/mol. The van der Waals surface area contributed by atoms with E-state index < -0.39 is 12.0 Å². The van der Waals surface area contributed by atoms with Crippen LogP contribution in [0.25, 0.3) is 0 Å². The van der Waals surface area contributed by atoms with Gasteiger partial charge in [0.1, 0.15) is 11.8 Å². The van der Waals surface area contributed by atoms with Gasteiger partial charge in [-0.15, -0.1) is 11.8 Å². The van der Waals surface area contributed by atoms with Crippen LogP contribution in [0.15, 0.2) is 28.9 Å². The molecule has 0 radical (unpaired) electrons. The number of carbonyl (C=O) groups excluding carboxylic acids is 3. The van der Waals surface area contributed by atoms with Crippen LogP contribution in [0.5, 0.6) is 0 Å². The SMILES string of the molecule is Cc1cc(C(=O)COC(=O)[C@@H]2CS[C@@]3(C)CCC(=O)N23)c(C)n1Cc1ccco1. The molecule has 2 saturated heterocycles. The van der Waals surface area contributed by atoms with Crippen molar-refractivity contribution in [3.63, 3.8) is 0 Å². The Morgan fingerprint density at radius 3 is 2.90 bits per heavy atom. The maximum atomic E-state index is 12.7. The summed E-state index contributed by atoms with van der Waals surface area (Å²) < 4.78 is 12.7. The number of hydrogen-bond acceptors (Lipinski definition) is 6. The van der Waals surface area contributed by atoms with Gasteiger partial charge < -0.3 is 18.6 Å². The number of furan rings is 1. The van der Waals surface area contributed by atoms with Crippen LogP contribution >= 0.6 is 11.8 Å². The van der Waals surface area contributed by atoms with Crippen molar-refractivity contribution in [2.45, 2.75) is 51.1 Å². The van der Waals surface area contributed by atoms with Gasteiger partial charge in [0.25, 0.3) is 0 Å². The van der Waals surface area contributed by atoms with Gasteiger partial charge in [0.15, 0.2) is 6.61 Å². The molecule has 0 saturated carbocycles. The molecule has 2 atom stereocenters. The lowest BCUT2D eigenvalue weighted by molar-refractivity contribution is -0.152. The first-order valence-electron chi connectivity index (χ1n) is 9.65. The summed E-state index contributed by atoms with van der Waals surface area (Å²) >= 11 is 1.60. The first kappa shape index (κ1) is 19.8. The number of thioether (sulfide) groups is 1. The number of aryl methyl sites for hydroxylation is 1. The highest BCUT2D eigenvalue weighted by atomic mass is 32.2. The number of rotatable bonds is 6. The fourth-order valence-corrected chi connectivity index (χ4v) is 5.61. The number of ether oxygens (including phenoxy) is 1. The monoisotopic (exact) mass is 416 g/mol. The zero-order chi connectivity index (χ0) is 20.8. The van der Waals surface area contributed by atoms with Gasteiger partial charge in [-0.05, 0) is 45.4 Å². The third kappa shape index (κ3) is 3.50. The molecule has 4 rings (SSSR count). The van der Waals surface area contributed by atoms with Crippen molar-refractivity contribution < 1.29 is 23.5 Å². The van der Waals surface area contributed by atoms with E-state index in [0.29, 0.717) is 24.3 Å². The molecule has 2 aliphatic heterocycles. The van der Waals surface area contributed by atoms with Gasteiger partial charge in [0.05, 0.1) is 17.7 Å². The lowest BCUT2D eigenvalue weighted by Gasteiger charge is -2.29. The van der Waals surface area contributed by atoms with E-state index in [1.165, 1.54) is 0 Å². The molecule has 2 aliphatic rings. The number of ketones is 1. The average molecular weight is 416 g/mol. The van der Waals surface area contributed by atoms with E-state index in [0.717, 1.165) is 23.6 Å². The largest absolute Gasteiger partial charge is 0.467 e. The average Bonchev–Trinajstić information content (AvgIpc) is 3.43. The van der Waals surface area contributed by atoms with E-state index in [4.69, 9.17) is 9.15 Å². The highest BCUT2D eigenvalue weighted by molar-refractivity contribution is 8.01. The highest BCUT2D eigenvalue weighted by Crippen LogP contribution is 2.47. The quantitative estimate of drug-likeness (QED) is 0.532. The number of esters is 1. The summed E-state index contributed by atoms with van der Waals surface area (Å²) in [7, 11) is 0. The molecule has 29 heavy (non-hydrogen) atoms. The van der Waals surface area contributed by atoms with Crippen molar-refractivity contribution in [3.05, 3.63) is 47.2 Å². The fraction of sp³-hybridized carbons (Fsp3) is 0.476. The fourth-order valence-electron chi connectivity index (χ4n) is 4.19. The summed E-state index contributed by atoms with van der Waals surface area (Å²) in [4.78, 5) is 38.8. The highest BCUT2D eigenvalue weighted by Gasteiger charge is 2.53. The van der Waals surface area contributed by atoms with E-state index >= 15 is 0 Å². The van der Waals surface area contributed by atoms with Gasteiger partial charge >= 0.3 is 5.97 Å². The van der Waals surface area contributed by atoms with E-state index in [1.54, 1.807) is 29.0 Å². The minimum atomic E-state index is -0.612. The molecule has 8 heteroatoms. The standard InChI is InChI=1S/C21H24N2O5S/c1-13-9-16(14(2)22(13)10-15-5-4-8-27-15)18(24)11-28-20(26)17-12-29-21(3)7-6-19(25)23(17)21/h4-5,8-9,17H,6-7,10-12H2,1-3H3/t17-,21-/m0/s1. The van der Waals surface area contributed by atoms with Gasteiger partial charge in [-0.2, -0.15) is 0 Å². The second-order valence-electron chi connectivity index (χ2n) is 7.75. The van der Waals surface area contributed by atoms with Crippen LogP contribution < -0.4 is 0 Å². The van der Waals surface area contributed by atoms with Gasteiger partial charge in [0, 0.05) is 29.1 Å². The molecule has 154 valence electrons. The number of aromatic nitrogens is 1. The van der Waals surface area contributed by atoms with E-state index in [2.05, 4.69) is 0 Å². The lowest BCUT2D eigenvalue weighted by atomic mass is 10.1. The Labute approximate surface area is 173 Å². The molecule has 0 aromatic carbocycles. The first-order chi connectivity index (χ1) is 13.8. The summed E-state index contributed by atoms with van der Waals surface area (Å²) in [6.07, 6.45) is 2.81. The zero-order valence-corrected chi connectivity index (χ0v) is 17.6. The predicted octanol–water partition coefficient (Wildman–Crippen LogP) is 2.93. The van der Waals surface area contributed by atoms with E-state index in [-0.39, 0.29) is 23.2 Å². The normalized spacial score (nSPS) is 23.5. The van der Waals surface area contributed by atoms with Gasteiger partial charge in [0.2, 0.25) is 11.7 Å². The van der Waals surface area contributed by atoms with E-state index in [9.17, 15) is 14.4 Å². The molecule has 7 nitrogen and oxygen atoms in total. The zero-order valence-electron chi connectivity index (χ0n) is 16.8. The van der Waals surface area contributed by atoms with Crippen LogP contribution in [-0.2, 0) is 20.9 Å². The molecule has 1 amide bonds. The Morgan fingerprint density at radius 1 is 1.38 bits per heavy atom. The van der Waals surface area contributed by atoms with Crippen molar-refractivity contribution in [2.75, 3.05) is 12.4 Å². The molecule has 2 fully saturated rings. The molecule has 0 N–H and O–H groups in total. The number of amides is 1. The Bertz CT molecular complexity index is 964. The van der Waals surface area contributed by atoms with Crippen molar-refractivity contribution >= 4 is 29.4 Å². The van der Waals surface area contributed by atoms with Crippen molar-refractivity contribution in [1.82, 2.24) is 9.47 Å². The molecule has 2 aromatic heterocycles. The van der Waals surface area contributed by atoms with Gasteiger partial charge in [-0.1, -0.05) is 0 Å². The minimum Gasteiger partial charge on any atom is -0.467 e. The number of fused-ring (bicyclic) bond motifs is 1. The summed E-state index contributed by atoms with van der Waals surface area (Å²) in [5.41, 5.74) is 2.27. The number of nitrogens with zero attached hydrogens (tertiary/aromatic N) is 2. The minimum absolute atomic E-state index is 0.0211. The first-order valence-corrected chi connectivity index (χ1v) is 10.6. The van der Waals surface area contributed by atoms with Crippen LogP contribution in [0, 0.1) is 13.8 Å². The molecule has 0 bridgehead atoms. The maximum Gasteiger partial charge on any atom is 0.330 e. The van der Waals surface area contributed by atoms with Gasteiger partial charge in [-0.25, -0.2) is 4.79 Å². The number of hydrogen-bond donors (Lipinski definition) is 0. The Hall–Kier alpha value is -2.48. The van der Waals surface area contributed by atoms with E-state index in [1.807, 2.05) is 37.5 Å². The topological polar surface area (TPSA) is 81.8 Å². The van der Waals surface area contributed by atoms with Crippen LogP contribution in [0.1, 0.15) is 47.3 Å². The smallest absolute Gasteiger partial charge is 0.330 e. The molecule has 0 unspecified atom stereocenters. The number of carbonyl (C=O) groups is 3. The summed E-state index contributed by atoms with van der Waals surface area (Å²) in [5, 5.41) is 0. The summed E-state index contributed by atoms with van der Waals surface area (Å²) in [6, 6.07) is 4.90. The van der Waals surface area contributed by atoms with Crippen LogP contribution in [-0.4, -0.2) is 50.4 Å². The molecule has 0 spiro atoms. The summed E-state index contributed by atoms with van der Waals surface area (Å²) in [6.45, 7) is 5.98. The maximum absolute atomic E-state index is 12.7. The molecular weight excluding hydrogens is 392 g/mol. The Balaban J connectivity index is 1.41. The molecular formula is C21H24N2O5S. The summed E-state index contributed by atoms with van der Waals surface area (Å²) in [5.74, 6) is 0.529. The third-order valence-corrected chi connectivity index (χ3v) is 7.34. The van der Waals surface area contributed by atoms with Crippen LogP contribution in [0.4, 0.5) is 0 Å². The Morgan fingerprint density at radius 2 is 2.17 bits per heavy atom.